The fraction of sp³-hybridized carbons (Fsp3) is 0.0952. The van der Waals surface area contributed by atoms with Crippen molar-refractivity contribution in [3.05, 3.63) is 71.8 Å². The smallest absolute Gasteiger partial charge is 0.340 e. The highest BCUT2D eigenvalue weighted by molar-refractivity contribution is 7.97. The van der Waals surface area contributed by atoms with Crippen molar-refractivity contribution in [1.29, 1.82) is 0 Å². The van der Waals surface area contributed by atoms with E-state index in [1.807, 2.05) is 61.5 Å². The molecule has 130 valence electrons. The first-order chi connectivity index (χ1) is 12.6. The molecule has 1 heterocycles. The number of hydrogen-bond acceptors (Lipinski definition) is 3. The van der Waals surface area contributed by atoms with E-state index in [1.165, 1.54) is 0 Å². The zero-order valence-corrected chi connectivity index (χ0v) is 15.2. The summed E-state index contributed by atoms with van der Waals surface area (Å²) < 4.78 is 11.4. The average molecular weight is 365 g/mol. The van der Waals surface area contributed by atoms with E-state index in [0.717, 1.165) is 31.7 Å². The normalized spacial score (nSPS) is 12.7. The van der Waals surface area contributed by atoms with Gasteiger partial charge in [-0.2, -0.15) is 0 Å². The Labute approximate surface area is 154 Å². The molecule has 0 fully saturated rings. The zero-order valence-electron chi connectivity index (χ0n) is 14.4. The highest BCUT2D eigenvalue weighted by atomic mass is 32.2. The molecule has 0 aromatic heterocycles. The predicted molar refractivity (Wildman–Crippen MR) is 99.8 cm³/mol. The Balaban J connectivity index is 2.02. The lowest BCUT2D eigenvalue weighted by Crippen LogP contribution is -2.16. The summed E-state index contributed by atoms with van der Waals surface area (Å²) >= 11 is 0. The van der Waals surface area contributed by atoms with Gasteiger partial charge in [0, 0.05) is 12.1 Å². The highest BCUT2D eigenvalue weighted by Crippen LogP contribution is 2.48. The molecule has 5 heteroatoms. The molecule has 0 spiro atoms. The molecule has 4 nitrogen and oxygen atoms in total. The van der Waals surface area contributed by atoms with Gasteiger partial charge in [-0.1, -0.05) is 24.3 Å². The summed E-state index contributed by atoms with van der Waals surface area (Å²) in [6, 6.07) is 19.1. The van der Waals surface area contributed by atoms with E-state index in [-0.39, 0.29) is 5.56 Å². The molecule has 0 atom stereocenters. The molecule has 0 unspecified atom stereocenters. The highest BCUT2D eigenvalue weighted by Gasteiger charge is 2.41. The summed E-state index contributed by atoms with van der Waals surface area (Å²) in [5, 5.41) is 9.82. The third-order valence-corrected chi connectivity index (χ3v) is 6.64. The minimum atomic E-state index is -0.966. The second-order valence-electron chi connectivity index (χ2n) is 5.92. The van der Waals surface area contributed by atoms with Crippen LogP contribution in [0.1, 0.15) is 15.9 Å². The van der Waals surface area contributed by atoms with Gasteiger partial charge in [0.05, 0.1) is 7.11 Å². The number of rotatable bonds is 3. The molecule has 0 bridgehead atoms. The van der Waals surface area contributed by atoms with Gasteiger partial charge in [0.15, 0.2) is 16.4 Å². The third-order valence-electron chi connectivity index (χ3n) is 4.31. The van der Waals surface area contributed by atoms with Crippen molar-refractivity contribution in [2.24, 2.45) is 0 Å². The minimum Gasteiger partial charge on any atom is -0.496 e. The molecule has 4 rings (SSSR count). The van der Waals surface area contributed by atoms with E-state index in [4.69, 9.17) is 9.47 Å². The lowest BCUT2D eigenvalue weighted by atomic mass is 10.1. The molecule has 1 N–H and O–H groups in total. The molecule has 0 saturated heterocycles. The molecule has 0 amide bonds. The number of aryl methyl sites for hydroxylation is 1. The predicted octanol–water partition coefficient (Wildman–Crippen LogP) is 4.90. The maximum absolute atomic E-state index is 12.0. The number of para-hydroxylation sites is 2. The maximum atomic E-state index is 12.0. The topological polar surface area (TPSA) is 55.8 Å². The number of benzene rings is 3. The van der Waals surface area contributed by atoms with Crippen LogP contribution < -0.4 is 9.47 Å². The fourth-order valence-electron chi connectivity index (χ4n) is 3.10. The van der Waals surface area contributed by atoms with Gasteiger partial charge in [0.1, 0.15) is 22.2 Å². The number of methoxy groups -OCH3 is 1. The van der Waals surface area contributed by atoms with Gasteiger partial charge in [-0.05, 0) is 36.8 Å². The van der Waals surface area contributed by atoms with Crippen LogP contribution >= 0.6 is 0 Å². The first-order valence-corrected chi connectivity index (χ1v) is 9.34. The van der Waals surface area contributed by atoms with Crippen molar-refractivity contribution in [3.63, 3.8) is 0 Å². The zero-order chi connectivity index (χ0) is 18.3. The summed E-state index contributed by atoms with van der Waals surface area (Å²) in [4.78, 5) is 14.7. The molecule has 0 saturated carbocycles. The number of carboxylic acid groups (broad SMARTS) is 1. The van der Waals surface area contributed by atoms with Crippen LogP contribution in [0.5, 0.6) is 17.2 Å². The van der Waals surface area contributed by atoms with Crippen LogP contribution in [0.15, 0.2) is 75.4 Å². The van der Waals surface area contributed by atoms with Crippen LogP contribution in [0.25, 0.3) is 0 Å². The third kappa shape index (κ3) is 2.61. The molecule has 3 aromatic rings. The van der Waals surface area contributed by atoms with Gasteiger partial charge in [0.25, 0.3) is 0 Å². The van der Waals surface area contributed by atoms with E-state index >= 15 is 0 Å². The molecule has 3 aromatic carbocycles. The second kappa shape index (κ2) is 6.42. The number of carboxylic acids is 1. The van der Waals surface area contributed by atoms with Gasteiger partial charge in [-0.25, -0.2) is 4.79 Å². The Morgan fingerprint density at radius 3 is 2.08 bits per heavy atom. The SMILES string of the molecule is COc1cc(C(=O)O)c([S+]2c3ccccc3Oc3ccccc32)cc1C. The molecule has 0 aliphatic carbocycles. The van der Waals surface area contributed by atoms with E-state index in [0.29, 0.717) is 5.75 Å². The van der Waals surface area contributed by atoms with Crippen molar-refractivity contribution in [3.8, 4) is 17.2 Å². The van der Waals surface area contributed by atoms with Gasteiger partial charge < -0.3 is 14.6 Å². The van der Waals surface area contributed by atoms with E-state index in [1.54, 1.807) is 13.2 Å². The Kier molecular flexibility index (Phi) is 4.09. The quantitative estimate of drug-likeness (QED) is 0.525. The summed E-state index contributed by atoms with van der Waals surface area (Å²) in [6.45, 7) is 1.93. The lowest BCUT2D eigenvalue weighted by Gasteiger charge is -2.21. The number of hydrogen-bond donors (Lipinski definition) is 1. The molecular formula is C21H17O4S+. The number of fused-ring (bicyclic) bond motifs is 2. The van der Waals surface area contributed by atoms with Gasteiger partial charge in [-0.3, -0.25) is 0 Å². The summed E-state index contributed by atoms with van der Waals surface area (Å²) in [7, 11) is 0.979. The standard InChI is InChI=1S/C21H16O4S/c1-13-11-20(14(21(22)23)12-17(13)24-2)26-18-9-5-3-7-15(18)25-16-8-4-6-10-19(16)26/h3-12H,1-2H3/p+1. The Hall–Kier alpha value is -2.92. The Morgan fingerprint density at radius 1 is 0.962 bits per heavy atom. The molecule has 0 radical (unpaired) electrons. The first-order valence-electron chi connectivity index (χ1n) is 8.12. The van der Waals surface area contributed by atoms with Crippen LogP contribution in [0.3, 0.4) is 0 Å². The average Bonchev–Trinajstić information content (AvgIpc) is 2.65. The van der Waals surface area contributed by atoms with E-state index in [9.17, 15) is 9.90 Å². The summed E-state index contributed by atoms with van der Waals surface area (Å²) in [5.74, 6) is 1.13. The Bertz CT molecular complexity index is 967. The van der Waals surface area contributed by atoms with Crippen LogP contribution in [0.4, 0.5) is 0 Å². The minimum absolute atomic E-state index is 0.252. The van der Waals surface area contributed by atoms with Crippen LogP contribution in [-0.2, 0) is 10.9 Å². The van der Waals surface area contributed by atoms with Gasteiger partial charge in [-0.15, -0.1) is 0 Å². The van der Waals surface area contributed by atoms with Crippen LogP contribution in [0, 0.1) is 6.92 Å². The van der Waals surface area contributed by atoms with Crippen molar-refractivity contribution in [2.75, 3.05) is 7.11 Å². The van der Waals surface area contributed by atoms with Gasteiger partial charge in [0.2, 0.25) is 9.79 Å². The Morgan fingerprint density at radius 2 is 1.54 bits per heavy atom. The summed E-state index contributed by atoms with van der Waals surface area (Å²) in [6.07, 6.45) is 0. The largest absolute Gasteiger partial charge is 0.496 e. The number of carbonyl (C=O) groups is 1. The molecule has 1 aliphatic rings. The fourth-order valence-corrected chi connectivity index (χ4v) is 5.52. The molecule has 26 heavy (non-hydrogen) atoms. The van der Waals surface area contributed by atoms with Gasteiger partial charge >= 0.3 is 5.97 Å². The van der Waals surface area contributed by atoms with E-state index < -0.39 is 16.9 Å². The second-order valence-corrected chi connectivity index (χ2v) is 7.86. The van der Waals surface area contributed by atoms with E-state index in [2.05, 4.69) is 0 Å². The number of ether oxygens (including phenoxy) is 2. The number of aromatic carboxylic acids is 1. The van der Waals surface area contributed by atoms with Crippen molar-refractivity contribution in [2.45, 2.75) is 21.6 Å². The maximum Gasteiger partial charge on any atom is 0.340 e. The lowest BCUT2D eigenvalue weighted by molar-refractivity contribution is 0.0692. The molecule has 1 aliphatic heterocycles. The monoisotopic (exact) mass is 365 g/mol. The van der Waals surface area contributed by atoms with Crippen molar-refractivity contribution >= 4 is 16.9 Å². The molecular weight excluding hydrogens is 348 g/mol. The summed E-state index contributed by atoms with van der Waals surface area (Å²) in [5.41, 5.74) is 1.16. The van der Waals surface area contributed by atoms with Crippen LogP contribution in [-0.4, -0.2) is 18.2 Å². The van der Waals surface area contributed by atoms with Crippen LogP contribution in [0.2, 0.25) is 0 Å². The van der Waals surface area contributed by atoms with Crippen molar-refractivity contribution in [1.82, 2.24) is 0 Å². The van der Waals surface area contributed by atoms with Crippen molar-refractivity contribution < 1.29 is 19.4 Å². The first kappa shape index (κ1) is 16.5.